The van der Waals surface area contributed by atoms with Gasteiger partial charge in [-0.05, 0) is 55.3 Å². The molecule has 6 heteroatoms. The van der Waals surface area contributed by atoms with Crippen molar-refractivity contribution in [3.8, 4) is 5.75 Å². The second kappa shape index (κ2) is 9.89. The lowest BCUT2D eigenvalue weighted by Crippen LogP contribution is -2.16. The lowest BCUT2D eigenvalue weighted by atomic mass is 10.2. The molecular weight excluding hydrogens is 392 g/mol. The van der Waals surface area contributed by atoms with Gasteiger partial charge in [-0.3, -0.25) is 4.79 Å². The Morgan fingerprint density at radius 2 is 1.89 bits per heavy atom. The average Bonchev–Trinajstić information content (AvgIpc) is 3.02. The van der Waals surface area contributed by atoms with E-state index in [1.807, 2.05) is 30.3 Å². The number of rotatable bonds is 8. The minimum atomic E-state index is -0.250. The van der Waals surface area contributed by atoms with Crippen molar-refractivity contribution in [2.75, 3.05) is 6.61 Å². The van der Waals surface area contributed by atoms with Crippen LogP contribution in [-0.4, -0.2) is 17.1 Å². The number of unbranched alkanes of at least 4 members (excludes halogenated alkanes) is 2. The number of aryl methyl sites for hydroxylation is 1. The third-order valence-corrected chi connectivity index (χ3v) is 5.68. The number of hydrogen-bond donors (Lipinski definition) is 0. The van der Waals surface area contributed by atoms with Crippen molar-refractivity contribution < 1.29 is 9.53 Å². The van der Waals surface area contributed by atoms with Gasteiger partial charge in [0, 0.05) is 17.1 Å². The molecule has 1 heterocycles. The van der Waals surface area contributed by atoms with Crippen molar-refractivity contribution in [2.45, 2.75) is 46.1 Å². The number of nitrogens with zero attached hydrogens (tertiary/aromatic N) is 2. The number of aromatic nitrogens is 1. The molecule has 0 aliphatic rings. The van der Waals surface area contributed by atoms with E-state index in [4.69, 9.17) is 16.3 Å². The van der Waals surface area contributed by atoms with Crippen molar-refractivity contribution >= 4 is 39.1 Å². The summed E-state index contributed by atoms with van der Waals surface area (Å²) in [5.41, 5.74) is 1.61. The Morgan fingerprint density at radius 3 is 2.61 bits per heavy atom. The lowest BCUT2D eigenvalue weighted by molar-refractivity contribution is 0.0998. The van der Waals surface area contributed by atoms with Gasteiger partial charge in [-0.25, -0.2) is 0 Å². The first-order chi connectivity index (χ1) is 13.6. The van der Waals surface area contributed by atoms with Crippen LogP contribution >= 0.6 is 22.9 Å². The fourth-order valence-electron chi connectivity index (χ4n) is 2.96. The Hall–Kier alpha value is -2.11. The Bertz CT molecular complexity index is 1010. The van der Waals surface area contributed by atoms with Gasteiger partial charge in [0.1, 0.15) is 5.75 Å². The molecule has 0 atom stereocenters. The van der Waals surface area contributed by atoms with Gasteiger partial charge in [0.25, 0.3) is 5.91 Å². The molecule has 2 aromatic carbocycles. The van der Waals surface area contributed by atoms with Crippen LogP contribution in [0.4, 0.5) is 0 Å². The maximum absolute atomic E-state index is 12.7. The number of ether oxygens (including phenoxy) is 1. The minimum absolute atomic E-state index is 0.250. The van der Waals surface area contributed by atoms with Crippen molar-refractivity contribution in [2.24, 2.45) is 4.99 Å². The molecule has 1 amide bonds. The normalized spacial score (nSPS) is 11.9. The summed E-state index contributed by atoms with van der Waals surface area (Å²) in [4.78, 5) is 17.8. The smallest absolute Gasteiger partial charge is 0.279 e. The van der Waals surface area contributed by atoms with Crippen LogP contribution in [0.15, 0.2) is 47.5 Å². The molecule has 0 fully saturated rings. The molecule has 4 nitrogen and oxygen atoms in total. The van der Waals surface area contributed by atoms with Crippen LogP contribution < -0.4 is 9.54 Å². The van der Waals surface area contributed by atoms with Gasteiger partial charge in [0.2, 0.25) is 0 Å². The van der Waals surface area contributed by atoms with E-state index in [9.17, 15) is 4.79 Å². The van der Waals surface area contributed by atoms with Crippen LogP contribution in [0.1, 0.15) is 49.9 Å². The van der Waals surface area contributed by atoms with Crippen molar-refractivity contribution in [3.63, 3.8) is 0 Å². The van der Waals surface area contributed by atoms with Crippen LogP contribution in [-0.2, 0) is 6.54 Å². The molecule has 1 aromatic heterocycles. The maximum atomic E-state index is 12.7. The zero-order valence-corrected chi connectivity index (χ0v) is 17.9. The highest BCUT2D eigenvalue weighted by molar-refractivity contribution is 7.16. The summed E-state index contributed by atoms with van der Waals surface area (Å²) in [7, 11) is 0. The summed E-state index contributed by atoms with van der Waals surface area (Å²) in [6, 6.07) is 13.0. The lowest BCUT2D eigenvalue weighted by Gasteiger charge is -2.06. The number of hydrogen-bond acceptors (Lipinski definition) is 3. The Morgan fingerprint density at radius 1 is 1.11 bits per heavy atom. The summed E-state index contributed by atoms with van der Waals surface area (Å²) in [6.07, 6.45) is 4.33. The van der Waals surface area contributed by atoms with E-state index in [0.29, 0.717) is 22.0 Å². The molecule has 28 heavy (non-hydrogen) atoms. The molecular formula is C22H25ClN2O2S. The molecule has 0 N–H and O–H groups in total. The van der Waals surface area contributed by atoms with Crippen LogP contribution in [0.2, 0.25) is 5.02 Å². The number of carbonyl (C=O) groups is 1. The van der Waals surface area contributed by atoms with Gasteiger partial charge in [0.15, 0.2) is 4.80 Å². The van der Waals surface area contributed by atoms with E-state index >= 15 is 0 Å². The van der Waals surface area contributed by atoms with Gasteiger partial charge >= 0.3 is 0 Å². The Balaban J connectivity index is 1.83. The molecule has 0 saturated carbocycles. The van der Waals surface area contributed by atoms with E-state index in [1.54, 1.807) is 12.1 Å². The number of amides is 1. The van der Waals surface area contributed by atoms with Crippen LogP contribution in [0.5, 0.6) is 5.75 Å². The van der Waals surface area contributed by atoms with Gasteiger partial charge < -0.3 is 9.30 Å². The summed E-state index contributed by atoms with van der Waals surface area (Å²) in [5, 5.41) is 0.685. The van der Waals surface area contributed by atoms with Crippen molar-refractivity contribution in [1.82, 2.24) is 4.57 Å². The Kier molecular flexibility index (Phi) is 7.29. The molecule has 0 radical (unpaired) electrons. The van der Waals surface area contributed by atoms with Crippen molar-refractivity contribution in [3.05, 3.63) is 57.9 Å². The quantitative estimate of drug-likeness (QED) is 0.418. The van der Waals surface area contributed by atoms with E-state index in [-0.39, 0.29) is 5.91 Å². The van der Waals surface area contributed by atoms with E-state index in [2.05, 4.69) is 23.4 Å². The first-order valence-electron chi connectivity index (χ1n) is 9.73. The fraction of sp³-hybridized carbons (Fsp3) is 0.364. The molecule has 0 spiro atoms. The number of carbonyl (C=O) groups excluding carboxylic acids is 1. The Labute approximate surface area is 174 Å². The summed E-state index contributed by atoms with van der Waals surface area (Å²) in [6.45, 7) is 5.78. The number of thiazole rings is 1. The highest BCUT2D eigenvalue weighted by atomic mass is 35.5. The molecule has 148 valence electrons. The number of fused-ring (bicyclic) bond motifs is 1. The molecule has 0 unspecified atom stereocenters. The third kappa shape index (κ3) is 5.03. The molecule has 3 aromatic rings. The zero-order chi connectivity index (χ0) is 19.9. The largest absolute Gasteiger partial charge is 0.494 e. The van der Waals surface area contributed by atoms with E-state index in [0.717, 1.165) is 41.8 Å². The average molecular weight is 417 g/mol. The van der Waals surface area contributed by atoms with Crippen LogP contribution in [0.3, 0.4) is 0 Å². The van der Waals surface area contributed by atoms with Crippen LogP contribution in [0, 0.1) is 0 Å². The highest BCUT2D eigenvalue weighted by Gasteiger charge is 2.10. The van der Waals surface area contributed by atoms with Gasteiger partial charge in [-0.1, -0.05) is 49.6 Å². The summed E-state index contributed by atoms with van der Waals surface area (Å²) < 4.78 is 8.82. The van der Waals surface area contributed by atoms with E-state index < -0.39 is 0 Å². The second-order valence-corrected chi connectivity index (χ2v) is 8.09. The van der Waals surface area contributed by atoms with E-state index in [1.165, 1.54) is 17.8 Å². The second-order valence-electron chi connectivity index (χ2n) is 6.65. The van der Waals surface area contributed by atoms with Gasteiger partial charge in [-0.2, -0.15) is 4.99 Å². The zero-order valence-electron chi connectivity index (χ0n) is 16.3. The predicted molar refractivity (Wildman–Crippen MR) is 116 cm³/mol. The molecule has 3 rings (SSSR count). The summed E-state index contributed by atoms with van der Waals surface area (Å²) >= 11 is 7.60. The minimum Gasteiger partial charge on any atom is -0.494 e. The summed E-state index contributed by atoms with van der Waals surface area (Å²) in [5.74, 6) is 0.533. The fourth-order valence-corrected chi connectivity index (χ4v) is 4.29. The predicted octanol–water partition coefficient (Wildman–Crippen LogP) is 6.08. The van der Waals surface area contributed by atoms with Gasteiger partial charge in [-0.15, -0.1) is 0 Å². The molecule has 0 aliphatic heterocycles. The SMILES string of the molecule is CCCCCOc1ccc(C(=O)N=c2sc3cc(Cl)ccc3n2CCC)cc1. The third-order valence-electron chi connectivity index (χ3n) is 4.41. The number of benzene rings is 2. The first-order valence-corrected chi connectivity index (χ1v) is 10.9. The monoisotopic (exact) mass is 416 g/mol. The van der Waals surface area contributed by atoms with Gasteiger partial charge in [0.05, 0.1) is 16.8 Å². The highest BCUT2D eigenvalue weighted by Crippen LogP contribution is 2.22. The molecule has 0 saturated heterocycles. The molecule has 0 aliphatic carbocycles. The number of halogens is 1. The topological polar surface area (TPSA) is 43.6 Å². The van der Waals surface area contributed by atoms with Crippen LogP contribution in [0.25, 0.3) is 10.2 Å². The van der Waals surface area contributed by atoms with Crippen molar-refractivity contribution in [1.29, 1.82) is 0 Å². The maximum Gasteiger partial charge on any atom is 0.279 e. The molecule has 0 bridgehead atoms. The standard InChI is InChI=1S/C22H25ClN2O2S/c1-3-5-6-14-27-18-10-7-16(8-11-18)21(26)24-22-25(13-4-2)19-12-9-17(23)15-20(19)28-22/h7-12,15H,3-6,13-14H2,1-2H3. The first kappa shape index (κ1) is 20.6.